The zero-order valence-corrected chi connectivity index (χ0v) is 10.2. The van der Waals surface area contributed by atoms with Gasteiger partial charge in [0, 0.05) is 25.4 Å². The Labute approximate surface area is 92.1 Å². The first-order valence-corrected chi connectivity index (χ1v) is 5.81. The molecule has 0 aliphatic rings. The van der Waals surface area contributed by atoms with Crippen LogP contribution in [0.15, 0.2) is 0 Å². The van der Waals surface area contributed by atoms with Crippen molar-refractivity contribution >= 4 is 0 Å². The van der Waals surface area contributed by atoms with Crippen molar-refractivity contribution in [1.29, 1.82) is 0 Å². The Hall–Kier alpha value is -0.900. The number of nitrogens with zero attached hydrogens (tertiary/aromatic N) is 3. The van der Waals surface area contributed by atoms with E-state index in [0.29, 0.717) is 6.04 Å². The van der Waals surface area contributed by atoms with Crippen LogP contribution in [0.5, 0.6) is 0 Å². The SMILES string of the molecule is CCc1nc(CC)n(CCC(C)NC)n1. The Morgan fingerprint density at radius 1 is 1.33 bits per heavy atom. The normalized spacial score (nSPS) is 13.1. The molecule has 1 aromatic rings. The molecule has 0 spiro atoms. The predicted molar refractivity (Wildman–Crippen MR) is 61.9 cm³/mol. The number of nitrogens with one attached hydrogen (secondary N) is 1. The topological polar surface area (TPSA) is 42.7 Å². The number of rotatable bonds is 6. The van der Waals surface area contributed by atoms with Crippen molar-refractivity contribution < 1.29 is 0 Å². The lowest BCUT2D eigenvalue weighted by Gasteiger charge is -2.10. The molecule has 0 radical (unpaired) electrons. The van der Waals surface area contributed by atoms with Crippen molar-refractivity contribution in [3.63, 3.8) is 0 Å². The van der Waals surface area contributed by atoms with Gasteiger partial charge >= 0.3 is 0 Å². The molecular formula is C11H22N4. The molecule has 0 aliphatic heterocycles. The summed E-state index contributed by atoms with van der Waals surface area (Å²) in [5.41, 5.74) is 0. The van der Waals surface area contributed by atoms with Crippen LogP contribution < -0.4 is 5.32 Å². The first-order chi connectivity index (χ1) is 7.21. The van der Waals surface area contributed by atoms with E-state index in [-0.39, 0.29) is 0 Å². The molecule has 0 aliphatic carbocycles. The molecule has 1 heterocycles. The second kappa shape index (κ2) is 5.85. The highest BCUT2D eigenvalue weighted by Gasteiger charge is 2.07. The summed E-state index contributed by atoms with van der Waals surface area (Å²) >= 11 is 0. The monoisotopic (exact) mass is 210 g/mol. The van der Waals surface area contributed by atoms with Gasteiger partial charge < -0.3 is 5.32 Å². The molecule has 1 atom stereocenters. The molecule has 86 valence electrons. The Kier molecular flexibility index (Phi) is 4.75. The molecule has 1 N–H and O–H groups in total. The Bertz CT molecular complexity index is 293. The second-order valence-electron chi connectivity index (χ2n) is 3.85. The average Bonchev–Trinajstić information content (AvgIpc) is 2.68. The first-order valence-electron chi connectivity index (χ1n) is 5.81. The molecule has 1 unspecified atom stereocenters. The minimum Gasteiger partial charge on any atom is -0.317 e. The summed E-state index contributed by atoms with van der Waals surface area (Å²) < 4.78 is 2.05. The molecule has 0 fully saturated rings. The van der Waals surface area contributed by atoms with E-state index in [2.05, 4.69) is 36.2 Å². The van der Waals surface area contributed by atoms with E-state index in [9.17, 15) is 0 Å². The molecule has 4 nitrogen and oxygen atoms in total. The highest BCUT2D eigenvalue weighted by Crippen LogP contribution is 2.03. The van der Waals surface area contributed by atoms with Crippen molar-refractivity contribution in [1.82, 2.24) is 20.1 Å². The van der Waals surface area contributed by atoms with Gasteiger partial charge in [0.1, 0.15) is 5.82 Å². The molecule has 15 heavy (non-hydrogen) atoms. The quantitative estimate of drug-likeness (QED) is 0.772. The smallest absolute Gasteiger partial charge is 0.150 e. The van der Waals surface area contributed by atoms with Crippen molar-refractivity contribution in [3.8, 4) is 0 Å². The van der Waals surface area contributed by atoms with Crippen LogP contribution >= 0.6 is 0 Å². The zero-order chi connectivity index (χ0) is 11.3. The molecule has 0 saturated heterocycles. The molecule has 0 bridgehead atoms. The minimum absolute atomic E-state index is 0.531. The molecule has 0 aromatic carbocycles. The summed E-state index contributed by atoms with van der Waals surface area (Å²) in [7, 11) is 1.99. The van der Waals surface area contributed by atoms with Gasteiger partial charge in [-0.15, -0.1) is 0 Å². The van der Waals surface area contributed by atoms with Crippen molar-refractivity contribution in [2.24, 2.45) is 0 Å². The minimum atomic E-state index is 0.531. The lowest BCUT2D eigenvalue weighted by molar-refractivity contribution is 0.473. The maximum Gasteiger partial charge on any atom is 0.150 e. The van der Waals surface area contributed by atoms with E-state index in [1.807, 2.05) is 11.7 Å². The summed E-state index contributed by atoms with van der Waals surface area (Å²) in [4.78, 5) is 4.48. The van der Waals surface area contributed by atoms with E-state index >= 15 is 0 Å². The summed E-state index contributed by atoms with van der Waals surface area (Å²) in [5.74, 6) is 2.07. The van der Waals surface area contributed by atoms with E-state index in [4.69, 9.17) is 0 Å². The molecule has 1 rings (SSSR count). The fourth-order valence-electron chi connectivity index (χ4n) is 1.48. The first kappa shape index (κ1) is 12.2. The lowest BCUT2D eigenvalue weighted by Crippen LogP contribution is -2.23. The second-order valence-corrected chi connectivity index (χ2v) is 3.85. The van der Waals surface area contributed by atoms with E-state index < -0.39 is 0 Å². The van der Waals surface area contributed by atoms with Crippen molar-refractivity contribution in [3.05, 3.63) is 11.6 Å². The van der Waals surface area contributed by atoms with Gasteiger partial charge in [-0.2, -0.15) is 5.10 Å². The number of hydrogen-bond donors (Lipinski definition) is 1. The maximum atomic E-state index is 4.48. The van der Waals surface area contributed by atoms with E-state index in [0.717, 1.165) is 37.5 Å². The molecule has 4 heteroatoms. The fraction of sp³-hybridized carbons (Fsp3) is 0.818. The van der Waals surface area contributed by atoms with Gasteiger partial charge in [0.2, 0.25) is 0 Å². The third kappa shape index (κ3) is 3.30. The Morgan fingerprint density at radius 2 is 2.07 bits per heavy atom. The van der Waals surface area contributed by atoms with Gasteiger partial charge in [-0.3, -0.25) is 0 Å². The van der Waals surface area contributed by atoms with Crippen LogP contribution in [-0.2, 0) is 19.4 Å². The Balaban J connectivity index is 2.62. The average molecular weight is 210 g/mol. The maximum absolute atomic E-state index is 4.48. The summed E-state index contributed by atoms with van der Waals surface area (Å²) in [6, 6.07) is 0.531. The standard InChI is InChI=1S/C11H22N4/c1-5-10-13-11(6-2)15(14-10)8-7-9(3)12-4/h9,12H,5-8H2,1-4H3. The van der Waals surface area contributed by atoms with Gasteiger partial charge in [-0.1, -0.05) is 13.8 Å². The predicted octanol–water partition coefficient (Wildman–Crippen LogP) is 1.40. The number of aromatic nitrogens is 3. The zero-order valence-electron chi connectivity index (χ0n) is 10.2. The van der Waals surface area contributed by atoms with E-state index in [1.54, 1.807) is 0 Å². The van der Waals surface area contributed by atoms with Crippen LogP contribution in [0.4, 0.5) is 0 Å². The van der Waals surface area contributed by atoms with Gasteiger partial charge in [0.15, 0.2) is 5.82 Å². The highest BCUT2D eigenvalue weighted by atomic mass is 15.3. The van der Waals surface area contributed by atoms with Gasteiger partial charge in [-0.25, -0.2) is 9.67 Å². The van der Waals surface area contributed by atoms with Gasteiger partial charge in [-0.05, 0) is 20.4 Å². The van der Waals surface area contributed by atoms with E-state index in [1.165, 1.54) is 0 Å². The van der Waals surface area contributed by atoms with Crippen LogP contribution in [0.1, 0.15) is 38.8 Å². The van der Waals surface area contributed by atoms with Crippen molar-refractivity contribution in [2.45, 2.75) is 52.6 Å². The molecule has 1 aromatic heterocycles. The largest absolute Gasteiger partial charge is 0.317 e. The fourth-order valence-corrected chi connectivity index (χ4v) is 1.48. The molecule has 0 saturated carbocycles. The summed E-state index contributed by atoms with van der Waals surface area (Å²) in [5, 5.41) is 7.72. The van der Waals surface area contributed by atoms with Crippen LogP contribution in [-0.4, -0.2) is 27.9 Å². The van der Waals surface area contributed by atoms with Crippen LogP contribution in [0.3, 0.4) is 0 Å². The highest BCUT2D eigenvalue weighted by molar-refractivity contribution is 4.92. The molecule has 0 amide bonds. The van der Waals surface area contributed by atoms with Gasteiger partial charge in [0.05, 0.1) is 0 Å². The third-order valence-corrected chi connectivity index (χ3v) is 2.69. The van der Waals surface area contributed by atoms with Gasteiger partial charge in [0.25, 0.3) is 0 Å². The van der Waals surface area contributed by atoms with Crippen LogP contribution in [0, 0.1) is 0 Å². The Morgan fingerprint density at radius 3 is 2.60 bits per heavy atom. The van der Waals surface area contributed by atoms with Crippen LogP contribution in [0.2, 0.25) is 0 Å². The number of hydrogen-bond acceptors (Lipinski definition) is 3. The number of aryl methyl sites for hydroxylation is 3. The summed E-state index contributed by atoms with van der Waals surface area (Å²) in [6.07, 6.45) is 2.97. The summed E-state index contributed by atoms with van der Waals surface area (Å²) in [6.45, 7) is 7.36. The van der Waals surface area contributed by atoms with Crippen molar-refractivity contribution in [2.75, 3.05) is 7.05 Å². The lowest BCUT2D eigenvalue weighted by atomic mass is 10.2. The van der Waals surface area contributed by atoms with Crippen LogP contribution in [0.25, 0.3) is 0 Å². The third-order valence-electron chi connectivity index (χ3n) is 2.69. The molecular weight excluding hydrogens is 188 g/mol.